The fourth-order valence-electron chi connectivity index (χ4n) is 2.75. The van der Waals surface area contributed by atoms with Crippen molar-refractivity contribution in [3.05, 3.63) is 94.5 Å². The maximum absolute atomic E-state index is 12.1. The van der Waals surface area contributed by atoms with E-state index in [4.69, 9.17) is 21.1 Å². The van der Waals surface area contributed by atoms with Crippen LogP contribution in [0.4, 0.5) is 0 Å². The van der Waals surface area contributed by atoms with E-state index in [1.165, 1.54) is 12.3 Å². The van der Waals surface area contributed by atoms with E-state index in [9.17, 15) is 14.4 Å². The van der Waals surface area contributed by atoms with E-state index < -0.39 is 11.9 Å². The van der Waals surface area contributed by atoms with Gasteiger partial charge in [-0.25, -0.2) is 10.2 Å². The number of hydrogen-bond donors (Lipinski definition) is 2. The number of halogens is 1. The Hall–Kier alpha value is -4.17. The molecule has 0 heterocycles. The Morgan fingerprint density at radius 1 is 0.941 bits per heavy atom. The molecule has 174 valence electrons. The number of nitrogens with one attached hydrogen (secondary N) is 2. The Bertz CT molecular complexity index is 1180. The molecule has 0 aromatic heterocycles. The number of nitrogens with zero attached hydrogens (tertiary/aromatic N) is 1. The van der Waals surface area contributed by atoms with Gasteiger partial charge in [0, 0.05) is 10.6 Å². The van der Waals surface area contributed by atoms with E-state index in [-0.39, 0.29) is 12.5 Å². The molecule has 2 N–H and O–H groups in total. The third-order valence-corrected chi connectivity index (χ3v) is 4.63. The van der Waals surface area contributed by atoms with Crippen LogP contribution in [0.2, 0.25) is 5.02 Å². The number of carbonyl (C=O) groups excluding carboxylic acids is 3. The maximum atomic E-state index is 12.1. The summed E-state index contributed by atoms with van der Waals surface area (Å²) < 4.78 is 10.6. The largest absolute Gasteiger partial charge is 0.494 e. The van der Waals surface area contributed by atoms with Crippen molar-refractivity contribution >= 4 is 35.6 Å². The van der Waals surface area contributed by atoms with Gasteiger partial charge in [0.1, 0.15) is 11.5 Å². The summed E-state index contributed by atoms with van der Waals surface area (Å²) >= 11 is 5.88. The lowest BCUT2D eigenvalue weighted by Crippen LogP contribution is -2.34. The lowest BCUT2D eigenvalue weighted by molar-refractivity contribution is -0.120. The molecule has 0 radical (unpaired) electrons. The fourth-order valence-corrected chi connectivity index (χ4v) is 2.94. The molecule has 9 heteroatoms. The zero-order valence-corrected chi connectivity index (χ0v) is 19.0. The molecule has 0 spiro atoms. The predicted octanol–water partition coefficient (Wildman–Crippen LogP) is 3.84. The Balaban J connectivity index is 1.43. The number of hydrogen-bond acceptors (Lipinski definition) is 6. The van der Waals surface area contributed by atoms with Gasteiger partial charge in [0.25, 0.3) is 11.8 Å². The first-order chi connectivity index (χ1) is 16.4. The highest BCUT2D eigenvalue weighted by Crippen LogP contribution is 2.16. The van der Waals surface area contributed by atoms with Crippen LogP contribution in [-0.4, -0.2) is 37.1 Å². The van der Waals surface area contributed by atoms with Crippen LogP contribution in [0.5, 0.6) is 11.5 Å². The van der Waals surface area contributed by atoms with Gasteiger partial charge < -0.3 is 14.8 Å². The van der Waals surface area contributed by atoms with Crippen LogP contribution in [0.1, 0.15) is 33.2 Å². The average molecular weight is 480 g/mol. The van der Waals surface area contributed by atoms with Gasteiger partial charge in [0.05, 0.1) is 24.9 Å². The van der Waals surface area contributed by atoms with Gasteiger partial charge in [0.2, 0.25) is 0 Å². The van der Waals surface area contributed by atoms with Gasteiger partial charge in [-0.15, -0.1) is 0 Å². The molecular weight excluding hydrogens is 458 g/mol. The van der Waals surface area contributed by atoms with Crippen LogP contribution in [0.25, 0.3) is 0 Å². The minimum atomic E-state index is -0.525. The van der Waals surface area contributed by atoms with Crippen molar-refractivity contribution in [2.75, 3.05) is 13.2 Å². The second kappa shape index (κ2) is 12.2. The van der Waals surface area contributed by atoms with Crippen LogP contribution >= 0.6 is 11.6 Å². The predicted molar refractivity (Wildman–Crippen MR) is 129 cm³/mol. The van der Waals surface area contributed by atoms with Crippen molar-refractivity contribution in [3.63, 3.8) is 0 Å². The highest BCUT2D eigenvalue weighted by molar-refractivity contribution is 6.30. The summed E-state index contributed by atoms with van der Waals surface area (Å²) in [7, 11) is 0. The molecule has 0 saturated heterocycles. The van der Waals surface area contributed by atoms with Crippen LogP contribution in [-0.2, 0) is 4.79 Å². The monoisotopic (exact) mass is 479 g/mol. The summed E-state index contributed by atoms with van der Waals surface area (Å²) in [5, 5.41) is 6.82. The smallest absolute Gasteiger partial charge is 0.343 e. The van der Waals surface area contributed by atoms with Gasteiger partial charge in [-0.05, 0) is 79.2 Å². The van der Waals surface area contributed by atoms with E-state index in [1.807, 2.05) is 6.92 Å². The molecule has 0 aliphatic heterocycles. The van der Waals surface area contributed by atoms with Gasteiger partial charge >= 0.3 is 5.97 Å². The standard InChI is InChI=1S/C25H22ClN3O5/c1-2-33-21-12-8-18(9-13-21)24(31)27-16-23(30)29-28-15-17-6-10-22(11-7-17)34-25(32)19-4-3-5-20(26)14-19/h3-15H,2,16H2,1H3,(H,27,31)(H,29,30)/b28-15-. The van der Waals surface area contributed by atoms with Crippen LogP contribution < -0.4 is 20.2 Å². The minimum Gasteiger partial charge on any atom is -0.494 e. The van der Waals surface area contributed by atoms with Crippen LogP contribution in [0.3, 0.4) is 0 Å². The van der Waals surface area contributed by atoms with Crippen molar-refractivity contribution in [2.24, 2.45) is 5.10 Å². The summed E-state index contributed by atoms with van der Waals surface area (Å²) in [4.78, 5) is 36.2. The summed E-state index contributed by atoms with van der Waals surface area (Å²) in [5.74, 6) is -0.377. The molecule has 0 fully saturated rings. The molecule has 3 rings (SSSR count). The molecule has 3 aromatic carbocycles. The number of ether oxygens (including phenoxy) is 2. The van der Waals surface area contributed by atoms with Crippen molar-refractivity contribution in [2.45, 2.75) is 6.92 Å². The summed E-state index contributed by atoms with van der Waals surface area (Å²) in [6.45, 7) is 2.17. The van der Waals surface area contributed by atoms with E-state index >= 15 is 0 Å². The Kier molecular flexibility index (Phi) is 8.76. The number of carbonyl (C=O) groups is 3. The normalized spacial score (nSPS) is 10.5. The lowest BCUT2D eigenvalue weighted by atomic mass is 10.2. The second-order valence-electron chi connectivity index (χ2n) is 6.90. The zero-order valence-electron chi connectivity index (χ0n) is 18.3. The molecule has 0 aliphatic rings. The molecule has 2 amide bonds. The van der Waals surface area contributed by atoms with Gasteiger partial charge in [-0.3, -0.25) is 9.59 Å². The molecule has 0 bridgehead atoms. The van der Waals surface area contributed by atoms with Gasteiger partial charge in [0.15, 0.2) is 0 Å². The van der Waals surface area contributed by atoms with E-state index in [1.54, 1.807) is 66.7 Å². The number of amides is 2. The second-order valence-corrected chi connectivity index (χ2v) is 7.34. The van der Waals surface area contributed by atoms with Gasteiger partial charge in [-0.1, -0.05) is 17.7 Å². The summed E-state index contributed by atoms with van der Waals surface area (Å²) in [5.41, 5.74) is 3.76. The van der Waals surface area contributed by atoms with Crippen LogP contribution in [0, 0.1) is 0 Å². The fraction of sp³-hybridized carbons (Fsp3) is 0.120. The molecule has 8 nitrogen and oxygen atoms in total. The summed E-state index contributed by atoms with van der Waals surface area (Å²) in [6.07, 6.45) is 1.43. The van der Waals surface area contributed by atoms with Crippen molar-refractivity contribution in [1.82, 2.24) is 10.7 Å². The number of benzene rings is 3. The third kappa shape index (κ3) is 7.46. The molecule has 0 atom stereocenters. The first-order valence-corrected chi connectivity index (χ1v) is 10.7. The average Bonchev–Trinajstić information content (AvgIpc) is 2.84. The topological polar surface area (TPSA) is 106 Å². The van der Waals surface area contributed by atoms with E-state index in [0.717, 1.165) is 0 Å². The third-order valence-electron chi connectivity index (χ3n) is 4.39. The first kappa shape index (κ1) is 24.5. The van der Waals surface area contributed by atoms with E-state index in [0.29, 0.717) is 39.8 Å². The minimum absolute atomic E-state index is 0.234. The molecule has 0 unspecified atom stereocenters. The van der Waals surface area contributed by atoms with E-state index in [2.05, 4.69) is 15.8 Å². The quantitative estimate of drug-likeness (QED) is 0.210. The maximum Gasteiger partial charge on any atom is 0.343 e. The summed E-state index contributed by atoms with van der Waals surface area (Å²) in [6, 6.07) is 19.6. The SMILES string of the molecule is CCOc1ccc(C(=O)NCC(=O)N/N=C\c2ccc(OC(=O)c3cccc(Cl)c3)cc2)cc1. The number of hydrazone groups is 1. The molecule has 0 aliphatic carbocycles. The zero-order chi connectivity index (χ0) is 24.3. The van der Waals surface area contributed by atoms with Crippen molar-refractivity contribution in [3.8, 4) is 11.5 Å². The number of rotatable bonds is 9. The highest BCUT2D eigenvalue weighted by atomic mass is 35.5. The Morgan fingerprint density at radius 2 is 1.65 bits per heavy atom. The van der Waals surface area contributed by atoms with Crippen molar-refractivity contribution < 1.29 is 23.9 Å². The molecule has 0 saturated carbocycles. The van der Waals surface area contributed by atoms with Crippen molar-refractivity contribution in [1.29, 1.82) is 0 Å². The first-order valence-electron chi connectivity index (χ1n) is 10.4. The lowest BCUT2D eigenvalue weighted by Gasteiger charge is -2.06. The highest BCUT2D eigenvalue weighted by Gasteiger charge is 2.09. The van der Waals surface area contributed by atoms with Crippen LogP contribution in [0.15, 0.2) is 77.9 Å². The molecule has 3 aromatic rings. The Labute approximate surface area is 201 Å². The Morgan fingerprint density at radius 3 is 2.32 bits per heavy atom. The molecule has 34 heavy (non-hydrogen) atoms. The number of esters is 1. The molecular formula is C25H22ClN3O5. The van der Waals surface area contributed by atoms with Gasteiger partial charge in [-0.2, -0.15) is 5.10 Å².